The predicted octanol–water partition coefficient (Wildman–Crippen LogP) is 5.43. The van der Waals surface area contributed by atoms with Crippen LogP contribution in [0.3, 0.4) is 0 Å². The average molecular weight is 641 g/mol. The Morgan fingerprint density at radius 3 is 1.44 bits per heavy atom. The molecule has 2 heterocycles. The number of carbonyl (C=O) groups excluding carboxylic acids is 2. The van der Waals surface area contributed by atoms with E-state index in [4.69, 9.17) is 4.74 Å². The number of rotatable bonds is 7. The maximum atomic E-state index is 12.7. The van der Waals surface area contributed by atoms with Crippen molar-refractivity contribution in [3.63, 3.8) is 0 Å². The molecule has 2 aliphatic heterocycles. The Morgan fingerprint density at radius 1 is 0.756 bits per heavy atom. The SMILES string of the molecule is C.C1CCOC1.Cc1cccc(C)c1CC(=O)C(C)(C)Br.Cc1cccc(C)c1CC(=O)C(C)(C)N1CCCC1.[H-].[Na+]. The quantitative estimate of drug-likeness (QED) is 0.300. The number of carbonyl (C=O) groups is 2. The molecule has 0 aromatic heterocycles. The minimum Gasteiger partial charge on any atom is -1.00 e. The number of likely N-dealkylation sites (tertiary alicyclic amines) is 1. The zero-order chi connectivity index (χ0) is 29.2. The molecule has 0 saturated carbocycles. The molecule has 4 rings (SSSR count). The average Bonchev–Trinajstić information content (AvgIpc) is 3.61. The van der Waals surface area contributed by atoms with Crippen molar-refractivity contribution in [2.45, 2.75) is 111 Å². The van der Waals surface area contributed by atoms with Crippen LogP contribution >= 0.6 is 15.9 Å². The zero-order valence-corrected chi connectivity index (χ0v) is 30.2. The van der Waals surface area contributed by atoms with Gasteiger partial charge in [-0.05, 0) is 128 Å². The molecule has 41 heavy (non-hydrogen) atoms. The fourth-order valence-electron chi connectivity index (χ4n) is 4.97. The largest absolute Gasteiger partial charge is 1.00 e. The molecule has 0 bridgehead atoms. The van der Waals surface area contributed by atoms with E-state index in [0.717, 1.165) is 31.9 Å². The van der Waals surface area contributed by atoms with Crippen molar-refractivity contribution in [2.75, 3.05) is 26.3 Å². The van der Waals surface area contributed by atoms with Gasteiger partial charge in [-0.15, -0.1) is 0 Å². The summed E-state index contributed by atoms with van der Waals surface area (Å²) in [6.45, 7) is 20.4. The Bertz CT molecular complexity index is 1060. The first-order valence-electron chi connectivity index (χ1n) is 14.4. The molecule has 0 atom stereocenters. The monoisotopic (exact) mass is 639 g/mol. The first-order valence-corrected chi connectivity index (χ1v) is 15.2. The number of hydrogen-bond acceptors (Lipinski definition) is 4. The van der Waals surface area contributed by atoms with Crippen molar-refractivity contribution >= 4 is 27.5 Å². The van der Waals surface area contributed by atoms with E-state index in [-0.39, 0.29) is 49.7 Å². The van der Waals surface area contributed by atoms with Gasteiger partial charge in [0.15, 0.2) is 11.6 Å². The number of benzene rings is 2. The number of aryl methyl sites for hydroxylation is 4. The Morgan fingerprint density at radius 2 is 1.12 bits per heavy atom. The third kappa shape index (κ3) is 12.7. The van der Waals surface area contributed by atoms with Crippen LogP contribution in [0.25, 0.3) is 0 Å². The van der Waals surface area contributed by atoms with Gasteiger partial charge < -0.3 is 6.16 Å². The van der Waals surface area contributed by atoms with Gasteiger partial charge in [-0.25, -0.2) is 0 Å². The van der Waals surface area contributed by atoms with Gasteiger partial charge >= 0.3 is 29.6 Å². The van der Waals surface area contributed by atoms with Gasteiger partial charge in [-0.2, -0.15) is 0 Å². The molecule has 2 aromatic carbocycles. The number of halogens is 1. The number of alkyl halides is 1. The minimum atomic E-state index is -0.429. The molecule has 2 fully saturated rings. The van der Waals surface area contributed by atoms with Crippen molar-refractivity contribution in [2.24, 2.45) is 0 Å². The second-order valence-corrected chi connectivity index (χ2v) is 14.0. The van der Waals surface area contributed by atoms with E-state index in [9.17, 15) is 9.59 Å². The fraction of sp³-hybridized carbons (Fsp3) is 0.600. The number of hydrogen-bond donors (Lipinski definition) is 0. The third-order valence-electron chi connectivity index (χ3n) is 8.03. The molecular formula is C35H55BrNNaO3. The van der Waals surface area contributed by atoms with Crippen LogP contribution in [0.5, 0.6) is 0 Å². The third-order valence-corrected chi connectivity index (χ3v) is 8.48. The molecule has 2 saturated heterocycles. The van der Waals surface area contributed by atoms with Crippen molar-refractivity contribution in [1.29, 1.82) is 0 Å². The summed E-state index contributed by atoms with van der Waals surface area (Å²) < 4.78 is 4.52. The molecule has 2 aliphatic rings. The predicted molar refractivity (Wildman–Crippen MR) is 175 cm³/mol. The van der Waals surface area contributed by atoms with Crippen LogP contribution < -0.4 is 29.6 Å². The van der Waals surface area contributed by atoms with Gasteiger partial charge in [0.05, 0.1) is 9.86 Å². The van der Waals surface area contributed by atoms with Crippen LogP contribution in [0.15, 0.2) is 36.4 Å². The molecule has 0 N–H and O–H groups in total. The summed E-state index contributed by atoms with van der Waals surface area (Å²) in [6.07, 6.45) is 6.07. The van der Waals surface area contributed by atoms with Gasteiger partial charge in [0.1, 0.15) is 0 Å². The van der Waals surface area contributed by atoms with Gasteiger partial charge in [0.25, 0.3) is 0 Å². The summed E-state index contributed by atoms with van der Waals surface area (Å²) >= 11 is 3.40. The standard InChI is InChI=1S/C17H25NO.C13H17BrO.C4H8O.CH4.Na.H/c1-13-8-7-9-14(2)15(13)12-16(19)17(3,4)18-10-5-6-11-18;1-9-6-5-7-10(2)11(9)8-12(15)13(3,4)14;1-2-4-5-3-1;;;/h7-9H,5-6,10-12H2,1-4H3;5-7H,8H2,1-4H3;1-4H2;1H4;;/q;;;;+1;-1. The van der Waals surface area contributed by atoms with Gasteiger partial charge in [0, 0.05) is 26.1 Å². The number of ether oxygens (including phenoxy) is 1. The second kappa shape index (κ2) is 18.8. The van der Waals surface area contributed by atoms with E-state index in [1.165, 1.54) is 53.5 Å². The summed E-state index contributed by atoms with van der Waals surface area (Å²) in [6, 6.07) is 12.4. The van der Waals surface area contributed by atoms with Crippen molar-refractivity contribution in [3.05, 3.63) is 69.8 Å². The van der Waals surface area contributed by atoms with E-state index in [2.05, 4.69) is 92.7 Å². The Balaban J connectivity index is 0. The summed E-state index contributed by atoms with van der Waals surface area (Å²) in [5.41, 5.74) is 6.89. The number of ketones is 2. The summed E-state index contributed by atoms with van der Waals surface area (Å²) in [7, 11) is 0. The minimum absolute atomic E-state index is 0. The van der Waals surface area contributed by atoms with Crippen LogP contribution in [-0.2, 0) is 27.2 Å². The van der Waals surface area contributed by atoms with Gasteiger partial charge in [-0.1, -0.05) is 59.8 Å². The first kappa shape index (κ1) is 40.2. The van der Waals surface area contributed by atoms with Crippen molar-refractivity contribution < 1.29 is 45.3 Å². The van der Waals surface area contributed by atoms with Crippen molar-refractivity contribution in [3.8, 4) is 0 Å². The van der Waals surface area contributed by atoms with E-state index >= 15 is 0 Å². The van der Waals surface area contributed by atoms with Crippen LogP contribution in [0, 0.1) is 27.7 Å². The molecule has 6 heteroatoms. The molecule has 0 radical (unpaired) electrons. The summed E-state index contributed by atoms with van der Waals surface area (Å²) in [5.74, 6) is 0.562. The second-order valence-electron chi connectivity index (χ2n) is 12.0. The molecular weight excluding hydrogens is 585 g/mol. The topological polar surface area (TPSA) is 46.6 Å². The number of Topliss-reactive ketones (excluding diaryl/α,β-unsaturated/α-hetero) is 2. The van der Waals surface area contributed by atoms with E-state index in [0.29, 0.717) is 18.6 Å². The van der Waals surface area contributed by atoms with Crippen LogP contribution in [0.4, 0.5) is 0 Å². The van der Waals surface area contributed by atoms with Crippen molar-refractivity contribution in [1.82, 2.24) is 4.90 Å². The summed E-state index contributed by atoms with van der Waals surface area (Å²) in [5, 5.41) is 0. The molecule has 0 aliphatic carbocycles. The van der Waals surface area contributed by atoms with Crippen LogP contribution in [0.2, 0.25) is 0 Å². The first-order chi connectivity index (χ1) is 18.2. The van der Waals surface area contributed by atoms with Gasteiger partial charge in [-0.3, -0.25) is 14.5 Å². The normalized spacial score (nSPS) is 15.0. The van der Waals surface area contributed by atoms with E-state index in [1.807, 2.05) is 19.9 Å². The molecule has 0 amide bonds. The Hall–Kier alpha value is -0.820. The number of nitrogens with zero attached hydrogens (tertiary/aromatic N) is 1. The Labute approximate surface area is 283 Å². The maximum Gasteiger partial charge on any atom is 1.00 e. The molecule has 0 spiro atoms. The molecule has 4 nitrogen and oxygen atoms in total. The van der Waals surface area contributed by atoms with Crippen LogP contribution in [0.1, 0.15) is 95.6 Å². The van der Waals surface area contributed by atoms with Crippen LogP contribution in [-0.4, -0.2) is 52.6 Å². The van der Waals surface area contributed by atoms with E-state index < -0.39 is 4.32 Å². The molecule has 0 unspecified atom stereocenters. The summed E-state index contributed by atoms with van der Waals surface area (Å²) in [4.78, 5) is 26.9. The zero-order valence-electron chi connectivity index (χ0n) is 27.6. The molecule has 2 aromatic rings. The van der Waals surface area contributed by atoms with E-state index in [1.54, 1.807) is 0 Å². The smallest absolute Gasteiger partial charge is 1.00 e. The fourth-order valence-corrected chi connectivity index (χ4v) is 5.11. The molecule has 226 valence electrons. The maximum absolute atomic E-state index is 12.7. The van der Waals surface area contributed by atoms with Gasteiger partial charge in [0.2, 0.25) is 0 Å². The Kier molecular flexibility index (Phi) is 18.4.